The standard InChI is InChI=1S/C13H17FN2O3/c1-9(10-5-2-3-6-11(10)14)16-13(19)15-8-4-7-12(17)18/h2-3,5-6,9H,4,7-8H2,1H3,(H,17,18)(H2,15,16,19). The zero-order chi connectivity index (χ0) is 14.3. The van der Waals surface area contributed by atoms with Crippen LogP contribution in [0.25, 0.3) is 0 Å². The van der Waals surface area contributed by atoms with E-state index in [1.165, 1.54) is 6.07 Å². The number of benzene rings is 1. The van der Waals surface area contributed by atoms with Crippen LogP contribution in [-0.2, 0) is 4.79 Å². The number of halogens is 1. The predicted octanol–water partition coefficient (Wildman–Crippen LogP) is 2.05. The highest BCUT2D eigenvalue weighted by Crippen LogP contribution is 2.15. The minimum absolute atomic E-state index is 0.00312. The molecule has 3 N–H and O–H groups in total. The summed E-state index contributed by atoms with van der Waals surface area (Å²) in [4.78, 5) is 21.8. The lowest BCUT2D eigenvalue weighted by molar-refractivity contribution is -0.137. The quantitative estimate of drug-likeness (QED) is 0.691. The van der Waals surface area contributed by atoms with Gasteiger partial charge >= 0.3 is 12.0 Å². The first-order chi connectivity index (χ1) is 9.00. The highest BCUT2D eigenvalue weighted by molar-refractivity contribution is 5.74. The summed E-state index contributed by atoms with van der Waals surface area (Å²) in [5.41, 5.74) is 0.406. The number of amides is 2. The molecule has 0 heterocycles. The molecule has 0 fully saturated rings. The lowest BCUT2D eigenvalue weighted by Crippen LogP contribution is -2.37. The molecule has 0 aliphatic carbocycles. The Morgan fingerprint density at radius 1 is 1.37 bits per heavy atom. The molecule has 104 valence electrons. The zero-order valence-corrected chi connectivity index (χ0v) is 10.6. The molecule has 1 aromatic rings. The van der Waals surface area contributed by atoms with Crippen LogP contribution < -0.4 is 10.6 Å². The Morgan fingerprint density at radius 3 is 2.68 bits per heavy atom. The van der Waals surface area contributed by atoms with Crippen molar-refractivity contribution in [1.29, 1.82) is 0 Å². The van der Waals surface area contributed by atoms with E-state index in [2.05, 4.69) is 10.6 Å². The highest BCUT2D eigenvalue weighted by atomic mass is 19.1. The molecule has 2 amide bonds. The molecule has 0 saturated heterocycles. The van der Waals surface area contributed by atoms with Gasteiger partial charge in [0.15, 0.2) is 0 Å². The van der Waals surface area contributed by atoms with Gasteiger partial charge in [-0.05, 0) is 19.4 Å². The first-order valence-corrected chi connectivity index (χ1v) is 6.01. The van der Waals surface area contributed by atoms with Crippen molar-refractivity contribution in [3.8, 4) is 0 Å². The number of carbonyl (C=O) groups is 2. The predicted molar refractivity (Wildman–Crippen MR) is 68.2 cm³/mol. The molecule has 0 aliphatic rings. The minimum atomic E-state index is -0.901. The molecule has 1 rings (SSSR count). The second kappa shape index (κ2) is 7.35. The van der Waals surface area contributed by atoms with Gasteiger partial charge in [-0.2, -0.15) is 0 Å². The van der Waals surface area contributed by atoms with Gasteiger partial charge in [-0.1, -0.05) is 18.2 Å². The van der Waals surface area contributed by atoms with E-state index >= 15 is 0 Å². The van der Waals surface area contributed by atoms with Gasteiger partial charge in [-0.15, -0.1) is 0 Å². The number of urea groups is 1. The highest BCUT2D eigenvalue weighted by Gasteiger charge is 2.12. The van der Waals surface area contributed by atoms with Gasteiger partial charge in [0.1, 0.15) is 5.82 Å². The van der Waals surface area contributed by atoms with Gasteiger partial charge in [0.05, 0.1) is 6.04 Å². The first-order valence-electron chi connectivity index (χ1n) is 6.01. The number of aliphatic carboxylic acids is 1. The number of carbonyl (C=O) groups excluding carboxylic acids is 1. The van der Waals surface area contributed by atoms with Crippen molar-refractivity contribution in [3.05, 3.63) is 35.6 Å². The Hall–Kier alpha value is -2.11. The number of hydrogen-bond donors (Lipinski definition) is 3. The largest absolute Gasteiger partial charge is 0.481 e. The lowest BCUT2D eigenvalue weighted by atomic mass is 10.1. The molecule has 0 aliphatic heterocycles. The third-order valence-electron chi connectivity index (χ3n) is 2.57. The molecule has 1 aromatic carbocycles. The van der Waals surface area contributed by atoms with Crippen molar-refractivity contribution in [2.75, 3.05) is 6.54 Å². The van der Waals surface area contributed by atoms with Gasteiger partial charge in [-0.3, -0.25) is 4.79 Å². The number of nitrogens with one attached hydrogen (secondary N) is 2. The number of hydrogen-bond acceptors (Lipinski definition) is 2. The summed E-state index contributed by atoms with van der Waals surface area (Å²) in [6.07, 6.45) is 0.361. The monoisotopic (exact) mass is 268 g/mol. The summed E-state index contributed by atoms with van der Waals surface area (Å²) in [5, 5.41) is 13.5. The molecular weight excluding hydrogens is 251 g/mol. The smallest absolute Gasteiger partial charge is 0.315 e. The molecule has 6 heteroatoms. The third-order valence-corrected chi connectivity index (χ3v) is 2.57. The van der Waals surface area contributed by atoms with Crippen LogP contribution in [0.15, 0.2) is 24.3 Å². The van der Waals surface area contributed by atoms with Crippen molar-refractivity contribution >= 4 is 12.0 Å². The number of carboxylic acid groups (broad SMARTS) is 1. The van der Waals surface area contributed by atoms with Crippen LogP contribution in [0.3, 0.4) is 0 Å². The van der Waals surface area contributed by atoms with E-state index in [4.69, 9.17) is 5.11 Å². The Balaban J connectivity index is 2.36. The van der Waals surface area contributed by atoms with Gasteiger partial charge in [-0.25, -0.2) is 9.18 Å². The Kier molecular flexibility index (Phi) is 5.78. The Bertz CT molecular complexity index is 451. The van der Waals surface area contributed by atoms with Crippen LogP contribution in [0.4, 0.5) is 9.18 Å². The van der Waals surface area contributed by atoms with Gasteiger partial charge in [0.2, 0.25) is 0 Å². The van der Waals surface area contributed by atoms with Crippen molar-refractivity contribution in [2.45, 2.75) is 25.8 Å². The van der Waals surface area contributed by atoms with E-state index < -0.39 is 18.0 Å². The SMILES string of the molecule is CC(NC(=O)NCCCC(=O)O)c1ccccc1F. The Labute approximate surface area is 110 Å². The van der Waals surface area contributed by atoms with E-state index in [0.29, 0.717) is 12.0 Å². The average Bonchev–Trinajstić information content (AvgIpc) is 2.35. The van der Waals surface area contributed by atoms with E-state index in [1.807, 2.05) is 0 Å². The lowest BCUT2D eigenvalue weighted by Gasteiger charge is -2.15. The van der Waals surface area contributed by atoms with Crippen LogP contribution in [-0.4, -0.2) is 23.7 Å². The van der Waals surface area contributed by atoms with Crippen LogP contribution in [0.2, 0.25) is 0 Å². The van der Waals surface area contributed by atoms with Crippen molar-refractivity contribution in [2.24, 2.45) is 0 Å². The molecule has 5 nitrogen and oxygen atoms in total. The summed E-state index contributed by atoms with van der Waals surface area (Å²) in [5.74, 6) is -1.27. The topological polar surface area (TPSA) is 78.4 Å². The summed E-state index contributed by atoms with van der Waals surface area (Å²) in [6, 6.07) is 5.31. The Morgan fingerprint density at radius 2 is 2.05 bits per heavy atom. The normalized spacial score (nSPS) is 11.7. The molecule has 0 spiro atoms. The summed E-state index contributed by atoms with van der Waals surface area (Å²) >= 11 is 0. The molecule has 1 atom stereocenters. The van der Waals surface area contributed by atoms with Crippen LogP contribution >= 0.6 is 0 Å². The van der Waals surface area contributed by atoms with E-state index in [-0.39, 0.29) is 18.8 Å². The summed E-state index contributed by atoms with van der Waals surface area (Å²) < 4.78 is 13.4. The van der Waals surface area contributed by atoms with Crippen LogP contribution in [0.5, 0.6) is 0 Å². The fraction of sp³-hybridized carbons (Fsp3) is 0.385. The van der Waals surface area contributed by atoms with E-state index in [0.717, 1.165) is 0 Å². The number of rotatable bonds is 6. The van der Waals surface area contributed by atoms with Gasteiger partial charge < -0.3 is 15.7 Å². The van der Waals surface area contributed by atoms with E-state index in [1.54, 1.807) is 25.1 Å². The van der Waals surface area contributed by atoms with Crippen LogP contribution in [0, 0.1) is 5.82 Å². The van der Waals surface area contributed by atoms with Crippen LogP contribution in [0.1, 0.15) is 31.4 Å². The molecule has 0 radical (unpaired) electrons. The molecule has 0 saturated carbocycles. The maximum Gasteiger partial charge on any atom is 0.315 e. The van der Waals surface area contributed by atoms with Crippen molar-refractivity contribution < 1.29 is 19.1 Å². The molecule has 1 unspecified atom stereocenters. The summed E-state index contributed by atoms with van der Waals surface area (Å²) in [6.45, 7) is 1.94. The maximum atomic E-state index is 13.4. The van der Waals surface area contributed by atoms with E-state index in [9.17, 15) is 14.0 Å². The number of carboxylic acids is 1. The third kappa shape index (κ3) is 5.37. The van der Waals surface area contributed by atoms with Crippen molar-refractivity contribution in [3.63, 3.8) is 0 Å². The molecular formula is C13H17FN2O3. The second-order valence-corrected chi connectivity index (χ2v) is 4.14. The molecule has 0 bridgehead atoms. The minimum Gasteiger partial charge on any atom is -0.481 e. The fourth-order valence-corrected chi connectivity index (χ4v) is 1.59. The maximum absolute atomic E-state index is 13.4. The average molecular weight is 268 g/mol. The second-order valence-electron chi connectivity index (χ2n) is 4.14. The summed E-state index contributed by atoms with van der Waals surface area (Å²) in [7, 11) is 0. The van der Waals surface area contributed by atoms with Crippen molar-refractivity contribution in [1.82, 2.24) is 10.6 Å². The first kappa shape index (κ1) is 14.9. The van der Waals surface area contributed by atoms with Gasteiger partial charge in [0, 0.05) is 18.5 Å². The van der Waals surface area contributed by atoms with Gasteiger partial charge in [0.25, 0.3) is 0 Å². The molecule has 0 aromatic heterocycles. The fourth-order valence-electron chi connectivity index (χ4n) is 1.59. The zero-order valence-electron chi connectivity index (χ0n) is 10.6. The molecule has 19 heavy (non-hydrogen) atoms.